The SMILES string of the molecule is CN=C(CCN)c1nnc(N2CCC(N)CC2)c2ccccc12. The van der Waals surface area contributed by atoms with Crippen molar-refractivity contribution in [2.75, 3.05) is 31.6 Å². The van der Waals surface area contributed by atoms with E-state index < -0.39 is 0 Å². The van der Waals surface area contributed by atoms with Crippen LogP contribution >= 0.6 is 0 Å². The van der Waals surface area contributed by atoms with Crippen LogP contribution in [0.15, 0.2) is 29.3 Å². The number of benzene rings is 1. The van der Waals surface area contributed by atoms with Crippen LogP contribution in [0.5, 0.6) is 0 Å². The number of nitrogens with two attached hydrogens (primary N) is 2. The number of hydrogen-bond donors (Lipinski definition) is 2. The summed E-state index contributed by atoms with van der Waals surface area (Å²) in [6, 6.07) is 8.55. The number of fused-ring (bicyclic) bond motifs is 1. The van der Waals surface area contributed by atoms with Gasteiger partial charge in [0.25, 0.3) is 0 Å². The number of nitrogens with zero attached hydrogens (tertiary/aromatic N) is 4. The molecule has 0 bridgehead atoms. The molecule has 0 radical (unpaired) electrons. The average Bonchev–Trinajstić information content (AvgIpc) is 2.60. The predicted molar refractivity (Wildman–Crippen MR) is 95.1 cm³/mol. The Balaban J connectivity index is 2.06. The summed E-state index contributed by atoms with van der Waals surface area (Å²) in [5.41, 5.74) is 13.5. The Hall–Kier alpha value is -2.05. The third kappa shape index (κ3) is 3.18. The molecule has 6 heteroatoms. The molecule has 23 heavy (non-hydrogen) atoms. The maximum atomic E-state index is 6.01. The third-order valence-corrected chi connectivity index (χ3v) is 4.43. The molecule has 2 heterocycles. The lowest BCUT2D eigenvalue weighted by molar-refractivity contribution is 0.498. The van der Waals surface area contributed by atoms with Gasteiger partial charge in [-0.15, -0.1) is 10.2 Å². The molecule has 0 amide bonds. The molecule has 1 aliphatic rings. The molecule has 6 nitrogen and oxygen atoms in total. The average molecular weight is 312 g/mol. The highest BCUT2D eigenvalue weighted by atomic mass is 15.3. The minimum atomic E-state index is 0.299. The van der Waals surface area contributed by atoms with E-state index in [2.05, 4.69) is 32.2 Å². The molecule has 0 atom stereocenters. The first-order valence-electron chi connectivity index (χ1n) is 8.16. The number of aromatic nitrogens is 2. The Labute approximate surface area is 136 Å². The largest absolute Gasteiger partial charge is 0.354 e. The van der Waals surface area contributed by atoms with E-state index in [0.29, 0.717) is 19.0 Å². The lowest BCUT2D eigenvalue weighted by Gasteiger charge is -2.31. The zero-order valence-corrected chi connectivity index (χ0v) is 13.6. The summed E-state index contributed by atoms with van der Waals surface area (Å²) >= 11 is 0. The van der Waals surface area contributed by atoms with Gasteiger partial charge in [0.2, 0.25) is 0 Å². The minimum Gasteiger partial charge on any atom is -0.354 e. The molecule has 0 aliphatic carbocycles. The highest BCUT2D eigenvalue weighted by Crippen LogP contribution is 2.28. The Bertz CT molecular complexity index is 703. The Kier molecular flexibility index (Phi) is 4.83. The van der Waals surface area contributed by atoms with Crippen molar-refractivity contribution in [3.8, 4) is 0 Å². The van der Waals surface area contributed by atoms with Gasteiger partial charge >= 0.3 is 0 Å². The molecule has 1 fully saturated rings. The fourth-order valence-corrected chi connectivity index (χ4v) is 3.12. The molecule has 1 saturated heterocycles. The van der Waals surface area contributed by atoms with Crippen LogP contribution in [0.3, 0.4) is 0 Å². The summed E-state index contributed by atoms with van der Waals surface area (Å²) in [7, 11) is 1.78. The van der Waals surface area contributed by atoms with Crippen LogP contribution in [0.2, 0.25) is 0 Å². The van der Waals surface area contributed by atoms with E-state index in [-0.39, 0.29) is 0 Å². The van der Waals surface area contributed by atoms with E-state index >= 15 is 0 Å². The molecule has 2 aromatic rings. The van der Waals surface area contributed by atoms with Crippen molar-refractivity contribution in [1.29, 1.82) is 0 Å². The van der Waals surface area contributed by atoms with Crippen LogP contribution in [0.25, 0.3) is 10.8 Å². The quantitative estimate of drug-likeness (QED) is 0.831. The van der Waals surface area contributed by atoms with Crippen LogP contribution in [0.4, 0.5) is 5.82 Å². The first-order chi connectivity index (χ1) is 11.2. The maximum absolute atomic E-state index is 6.01. The lowest BCUT2D eigenvalue weighted by atomic mass is 10.0. The lowest BCUT2D eigenvalue weighted by Crippen LogP contribution is -2.40. The van der Waals surface area contributed by atoms with Gasteiger partial charge in [0.1, 0.15) is 5.69 Å². The first-order valence-corrected chi connectivity index (χ1v) is 8.16. The molecular weight excluding hydrogens is 288 g/mol. The second kappa shape index (κ2) is 7.02. The standard InChI is InChI=1S/C17H24N6/c1-20-15(6-9-18)16-13-4-2-3-5-14(13)17(22-21-16)23-10-7-12(19)8-11-23/h2-5,12H,6-11,18-19H2,1H3. The van der Waals surface area contributed by atoms with Crippen LogP contribution < -0.4 is 16.4 Å². The number of piperidine rings is 1. The van der Waals surface area contributed by atoms with Crippen molar-refractivity contribution in [3.63, 3.8) is 0 Å². The van der Waals surface area contributed by atoms with Gasteiger partial charge in [0.05, 0.1) is 5.71 Å². The Morgan fingerprint density at radius 2 is 1.91 bits per heavy atom. The Morgan fingerprint density at radius 1 is 1.22 bits per heavy atom. The third-order valence-electron chi connectivity index (χ3n) is 4.43. The number of rotatable bonds is 4. The van der Waals surface area contributed by atoms with Crippen molar-refractivity contribution < 1.29 is 0 Å². The summed E-state index contributed by atoms with van der Waals surface area (Å²) in [5.74, 6) is 0.944. The predicted octanol–water partition coefficient (Wildman–Crippen LogP) is 1.33. The van der Waals surface area contributed by atoms with E-state index in [1.807, 2.05) is 12.1 Å². The molecule has 4 N–H and O–H groups in total. The zero-order valence-electron chi connectivity index (χ0n) is 13.6. The highest BCUT2D eigenvalue weighted by molar-refractivity contribution is 6.11. The van der Waals surface area contributed by atoms with E-state index in [0.717, 1.165) is 53.9 Å². The van der Waals surface area contributed by atoms with Crippen LogP contribution in [-0.2, 0) is 0 Å². The van der Waals surface area contributed by atoms with E-state index in [9.17, 15) is 0 Å². The molecule has 1 aromatic heterocycles. The van der Waals surface area contributed by atoms with Gasteiger partial charge < -0.3 is 16.4 Å². The number of hydrogen-bond acceptors (Lipinski definition) is 6. The van der Waals surface area contributed by atoms with Gasteiger partial charge in [-0.25, -0.2) is 0 Å². The van der Waals surface area contributed by atoms with Crippen molar-refractivity contribution in [3.05, 3.63) is 30.0 Å². The monoisotopic (exact) mass is 312 g/mol. The van der Waals surface area contributed by atoms with Gasteiger partial charge in [-0.05, 0) is 19.4 Å². The minimum absolute atomic E-state index is 0.299. The van der Waals surface area contributed by atoms with Crippen LogP contribution in [0, 0.1) is 0 Å². The summed E-state index contributed by atoms with van der Waals surface area (Å²) in [6.45, 7) is 2.40. The molecule has 1 aliphatic heterocycles. The smallest absolute Gasteiger partial charge is 0.159 e. The summed E-state index contributed by atoms with van der Waals surface area (Å²) in [4.78, 5) is 6.64. The highest BCUT2D eigenvalue weighted by Gasteiger charge is 2.21. The van der Waals surface area contributed by atoms with Crippen molar-refractivity contribution in [2.24, 2.45) is 16.5 Å². The van der Waals surface area contributed by atoms with Crippen molar-refractivity contribution in [1.82, 2.24) is 10.2 Å². The molecule has 122 valence electrons. The molecule has 1 aromatic carbocycles. The molecule has 0 unspecified atom stereocenters. The summed E-state index contributed by atoms with van der Waals surface area (Å²) in [6.07, 6.45) is 2.69. The zero-order chi connectivity index (χ0) is 16.2. The topological polar surface area (TPSA) is 93.4 Å². The molecule has 3 rings (SSSR count). The fraction of sp³-hybridized carbons (Fsp3) is 0.471. The van der Waals surface area contributed by atoms with Crippen LogP contribution in [-0.4, -0.2) is 48.6 Å². The van der Waals surface area contributed by atoms with Gasteiger partial charge in [0.15, 0.2) is 5.82 Å². The van der Waals surface area contributed by atoms with Gasteiger partial charge in [-0.3, -0.25) is 4.99 Å². The van der Waals surface area contributed by atoms with Crippen LogP contribution in [0.1, 0.15) is 25.0 Å². The van der Waals surface area contributed by atoms with Gasteiger partial charge in [-0.2, -0.15) is 0 Å². The van der Waals surface area contributed by atoms with Crippen molar-refractivity contribution in [2.45, 2.75) is 25.3 Å². The summed E-state index contributed by atoms with van der Waals surface area (Å²) in [5, 5.41) is 11.2. The molecule has 0 spiro atoms. The normalized spacial score (nSPS) is 17.0. The molecule has 0 saturated carbocycles. The van der Waals surface area contributed by atoms with E-state index in [1.54, 1.807) is 7.05 Å². The maximum Gasteiger partial charge on any atom is 0.159 e. The van der Waals surface area contributed by atoms with E-state index in [4.69, 9.17) is 11.5 Å². The van der Waals surface area contributed by atoms with Crippen molar-refractivity contribution >= 4 is 22.3 Å². The first kappa shape index (κ1) is 15.8. The second-order valence-corrected chi connectivity index (χ2v) is 5.95. The Morgan fingerprint density at radius 3 is 2.57 bits per heavy atom. The molecular formula is C17H24N6. The fourth-order valence-electron chi connectivity index (χ4n) is 3.12. The summed E-state index contributed by atoms with van der Waals surface area (Å²) < 4.78 is 0. The number of anilines is 1. The van der Waals surface area contributed by atoms with Gasteiger partial charge in [-0.1, -0.05) is 24.3 Å². The second-order valence-electron chi connectivity index (χ2n) is 5.95. The van der Waals surface area contributed by atoms with Gasteiger partial charge in [0, 0.05) is 43.4 Å². The number of aliphatic imine (C=N–C) groups is 1. The van der Waals surface area contributed by atoms with E-state index in [1.165, 1.54) is 0 Å².